The highest BCUT2D eigenvalue weighted by molar-refractivity contribution is 9.10. The lowest BCUT2D eigenvalue weighted by molar-refractivity contribution is -0.145. The number of carbonyl (C=O) groups excluding carboxylic acids is 4. The van der Waals surface area contributed by atoms with Gasteiger partial charge in [0.2, 0.25) is 9.05 Å². The lowest BCUT2D eigenvalue weighted by Crippen LogP contribution is -2.29. The van der Waals surface area contributed by atoms with Gasteiger partial charge in [0.15, 0.2) is 0 Å². The highest BCUT2D eigenvalue weighted by Gasteiger charge is 2.47. The number of carboxylic acid groups (broad SMARTS) is 1. The molecule has 0 spiro atoms. The van der Waals surface area contributed by atoms with E-state index < -0.39 is 22.1 Å². The molecule has 0 saturated heterocycles. The number of thioether (sulfide) groups is 3. The molecule has 0 unspecified atom stereocenters. The van der Waals surface area contributed by atoms with Gasteiger partial charge in [-0.15, -0.1) is 47.9 Å². The minimum Gasteiger partial charge on any atom is -0.481 e. The molecular formula is C84H98BBr2ClN4O15S5. The number of thiol groups is 1. The molecule has 4 N–H and O–H groups in total. The van der Waals surface area contributed by atoms with E-state index in [1.54, 1.807) is 42.8 Å². The minimum absolute atomic E-state index is 0.0196. The first kappa shape index (κ1) is 95.4. The molecule has 0 aliphatic heterocycles. The predicted molar refractivity (Wildman–Crippen MR) is 453 cm³/mol. The second-order valence-electron chi connectivity index (χ2n) is 27.8. The van der Waals surface area contributed by atoms with Crippen molar-refractivity contribution in [2.45, 2.75) is 157 Å². The van der Waals surface area contributed by atoms with Crippen molar-refractivity contribution in [2.75, 3.05) is 56.5 Å². The summed E-state index contributed by atoms with van der Waals surface area (Å²) >= 11 is 16.3. The van der Waals surface area contributed by atoms with Crippen LogP contribution in [0.1, 0.15) is 154 Å². The van der Waals surface area contributed by atoms with Crippen molar-refractivity contribution in [3.63, 3.8) is 0 Å². The van der Waals surface area contributed by atoms with E-state index in [1.165, 1.54) is 52.5 Å². The van der Waals surface area contributed by atoms with E-state index >= 15 is 0 Å². The molecule has 0 bridgehead atoms. The SMILES string of the molecule is CCOC(=O)CC1(CC)CC1.CCOC(=O)CC1(CO)CC1.CCOC(=O)CC1(CSc2ccccc2-c2ccc(C#N)cc2)CC1.CCOC(=O)CC1(CSc2ccncc2Br)CC1.CS(=O)(=O)Cl.N#Cc1ccc(-c2ccccc2SCC2(CC(=O)O)CC2)cc1.N#Cc1ccc(B(O)O)cc1.Sc1ccccc1Br. The number of hydrogen-bond donors (Lipinski definition) is 5. The zero-order valence-electron chi connectivity index (χ0n) is 63.9. The van der Waals surface area contributed by atoms with Crippen molar-refractivity contribution >= 4 is 142 Å². The van der Waals surface area contributed by atoms with E-state index in [0.717, 1.165) is 117 Å². The minimum atomic E-state index is -3.19. The summed E-state index contributed by atoms with van der Waals surface area (Å²) in [6, 6.07) is 53.8. The average Bonchev–Trinajstić information content (AvgIpc) is 1.58. The summed E-state index contributed by atoms with van der Waals surface area (Å²) in [5, 5.41) is 61.5. The number of ether oxygens (including phenoxy) is 4. The molecule has 0 atom stereocenters. The van der Waals surface area contributed by atoms with Gasteiger partial charge in [-0.3, -0.25) is 29.0 Å². The maximum Gasteiger partial charge on any atom is 0.488 e. The van der Waals surface area contributed by atoms with Gasteiger partial charge >= 0.3 is 37.0 Å². The maximum atomic E-state index is 11.8. The zero-order valence-corrected chi connectivity index (χ0v) is 72.0. The Labute approximate surface area is 699 Å². The number of aliphatic carboxylic acids is 1. The van der Waals surface area contributed by atoms with Gasteiger partial charge < -0.3 is 39.2 Å². The van der Waals surface area contributed by atoms with E-state index in [9.17, 15) is 32.4 Å². The molecular weight excluding hydrogens is 1670 g/mol. The third-order valence-electron chi connectivity index (χ3n) is 18.6. The zero-order chi connectivity index (χ0) is 82.4. The summed E-state index contributed by atoms with van der Waals surface area (Å²) in [6.45, 7) is 11.5. The van der Waals surface area contributed by atoms with Gasteiger partial charge in [0.1, 0.15) is 0 Å². The van der Waals surface area contributed by atoms with Crippen LogP contribution in [0.5, 0.6) is 0 Å². The first-order chi connectivity index (χ1) is 53.4. The van der Waals surface area contributed by atoms with Crippen LogP contribution in [0.25, 0.3) is 22.3 Å². The van der Waals surface area contributed by atoms with Gasteiger partial charge in [-0.25, -0.2) is 8.42 Å². The number of aromatic nitrogens is 1. The van der Waals surface area contributed by atoms with Crippen molar-refractivity contribution in [1.82, 2.24) is 4.98 Å². The second-order valence-corrected chi connectivity index (χ2v) is 36.1. The molecule has 6 aromatic carbocycles. The van der Waals surface area contributed by atoms with Gasteiger partial charge in [-0.05, 0) is 246 Å². The fourth-order valence-corrected chi connectivity index (χ4v) is 15.9. The summed E-state index contributed by atoms with van der Waals surface area (Å²) < 4.78 is 40.6. The van der Waals surface area contributed by atoms with Crippen molar-refractivity contribution in [3.05, 3.63) is 190 Å². The first-order valence-electron chi connectivity index (χ1n) is 36.7. The van der Waals surface area contributed by atoms with Crippen LogP contribution >= 0.6 is 90.5 Å². The molecule has 28 heteroatoms. The normalized spacial score (nSPS) is 14.8. The Morgan fingerprint density at radius 2 is 0.830 bits per heavy atom. The summed E-state index contributed by atoms with van der Waals surface area (Å²) in [5.41, 5.74) is 7.20. The number of pyridine rings is 1. The molecule has 7 aromatic rings. The van der Waals surface area contributed by atoms with Gasteiger partial charge in [0.05, 0.1) is 99.7 Å². The fourth-order valence-electron chi connectivity index (χ4n) is 10.9. The second kappa shape index (κ2) is 48.3. The van der Waals surface area contributed by atoms with E-state index in [2.05, 4.69) is 103 Å². The van der Waals surface area contributed by atoms with E-state index in [4.69, 9.17) is 55.0 Å². The third kappa shape index (κ3) is 36.5. The molecule has 0 amide bonds. The number of rotatable bonds is 28. The van der Waals surface area contributed by atoms with Gasteiger partial charge in [-0.1, -0.05) is 91.9 Å². The molecule has 1 heterocycles. The van der Waals surface area contributed by atoms with E-state index in [0.29, 0.717) is 79.7 Å². The third-order valence-corrected chi connectivity index (χ3v) is 25.2. The number of carboxylic acids is 1. The number of aliphatic hydroxyl groups is 1. The van der Waals surface area contributed by atoms with Crippen molar-refractivity contribution in [3.8, 4) is 40.5 Å². The Morgan fingerprint density at radius 1 is 0.500 bits per heavy atom. The number of nitriles is 3. The average molecular weight is 1770 g/mol. The molecule has 1 aromatic heterocycles. The van der Waals surface area contributed by atoms with Crippen LogP contribution in [0.15, 0.2) is 193 Å². The highest BCUT2D eigenvalue weighted by Crippen LogP contribution is 2.56. The van der Waals surface area contributed by atoms with Crippen LogP contribution < -0.4 is 5.46 Å². The topological polar surface area (TPSA) is 322 Å². The molecule has 112 heavy (non-hydrogen) atoms. The van der Waals surface area contributed by atoms with Gasteiger partial charge in [-0.2, -0.15) is 15.8 Å². The van der Waals surface area contributed by atoms with Crippen LogP contribution in [-0.4, -0.2) is 127 Å². The number of hydrogen-bond acceptors (Lipinski definition) is 22. The van der Waals surface area contributed by atoms with Crippen molar-refractivity contribution in [2.24, 2.45) is 27.1 Å². The van der Waals surface area contributed by atoms with E-state index in [1.807, 2.05) is 142 Å². The Balaban J connectivity index is 0.000000239. The molecule has 5 aliphatic rings. The molecule has 5 saturated carbocycles. The highest BCUT2D eigenvalue weighted by atomic mass is 79.9. The fraction of sp³-hybridized carbons (Fsp3) is 0.417. The Bertz CT molecular complexity index is 4350. The van der Waals surface area contributed by atoms with Crippen LogP contribution in [0, 0.1) is 61.1 Å². The molecule has 19 nitrogen and oxygen atoms in total. The molecule has 5 aliphatic carbocycles. The summed E-state index contributed by atoms with van der Waals surface area (Å²) in [4.78, 5) is 64.8. The molecule has 12 rings (SSSR count). The monoisotopic (exact) mass is 1770 g/mol. The molecule has 5 fully saturated rings. The van der Waals surface area contributed by atoms with Crippen molar-refractivity contribution in [1.29, 1.82) is 15.8 Å². The summed E-state index contributed by atoms with van der Waals surface area (Å²) in [5.74, 6) is 1.68. The Kier molecular flexibility index (Phi) is 41.1. The lowest BCUT2D eigenvalue weighted by atomic mass is 9.80. The molecule has 598 valence electrons. The van der Waals surface area contributed by atoms with Crippen LogP contribution in [0.2, 0.25) is 0 Å². The maximum absolute atomic E-state index is 11.8. The number of halogens is 3. The van der Waals surface area contributed by atoms with Crippen LogP contribution in [0.3, 0.4) is 0 Å². The van der Waals surface area contributed by atoms with Crippen LogP contribution in [-0.2, 0) is 52.0 Å². The van der Waals surface area contributed by atoms with E-state index in [-0.39, 0.29) is 58.6 Å². The number of esters is 4. The standard InChI is InChI=1S/C21H21NO2S.C19H17NO2S.C13H16BrNO2S.C9H16O2.C8H14O3.C7H6BNO2.C6H5BrS.CH3ClO2S/c1-2-24-20(23)13-21(11-12-21)15-25-19-6-4-3-5-18(19)17-9-7-16(14-22)8-10-17;20-12-14-5-7-15(8-6-14)16-3-1-2-4-17(16)23-13-19(9-10-19)11-18(21)22;1-2-17-12(16)7-13(4-5-13)9-18-11-3-6-15-8-10(11)14;1-3-9(5-6-9)7-8(10)11-4-2;1-2-11-7(10)5-8(6-9)3-4-8;9-5-6-1-3-7(4-2-6)8(10)11;7-5-3-1-2-4-6(5)8;1-5(2,3)4/h3-10H,2,11-13,15H2,1H3;1-8H,9-11,13H2,(H,21,22);3,6,8H,2,4-5,7,9H2,1H3;3-7H2,1-2H3;9H,2-6H2,1H3;1-4,10-11H;1-4,8H;1H3. The largest absolute Gasteiger partial charge is 0.488 e. The van der Waals surface area contributed by atoms with Crippen molar-refractivity contribution < 1.29 is 71.6 Å². The predicted octanol–water partition coefficient (Wildman–Crippen LogP) is 18.3. The van der Waals surface area contributed by atoms with Gasteiger partial charge in [0.25, 0.3) is 0 Å². The quantitative estimate of drug-likeness (QED) is 0.00759. The number of aliphatic hydroxyl groups excluding tert-OH is 1. The summed E-state index contributed by atoms with van der Waals surface area (Å²) in [7, 11) is -0.148. The smallest absolute Gasteiger partial charge is 0.481 e. The Morgan fingerprint density at radius 3 is 1.13 bits per heavy atom. The van der Waals surface area contributed by atoms with Crippen LogP contribution in [0.4, 0.5) is 0 Å². The Hall–Kier alpha value is -7.17. The van der Waals surface area contributed by atoms with Gasteiger partial charge in [0, 0.05) is 80.9 Å². The number of nitrogens with zero attached hydrogens (tertiary/aromatic N) is 4. The number of benzene rings is 6. The summed E-state index contributed by atoms with van der Waals surface area (Å²) in [6.07, 6.45) is 18.8. The first-order valence-corrected chi connectivity index (χ1v) is 44.4. The molecule has 0 radical (unpaired) electrons. The lowest BCUT2D eigenvalue weighted by Gasteiger charge is -2.15. The number of carbonyl (C=O) groups is 5.